The normalized spacial score (nSPS) is 10.7. The van der Waals surface area contributed by atoms with E-state index in [2.05, 4.69) is 17.6 Å². The summed E-state index contributed by atoms with van der Waals surface area (Å²) < 4.78 is 2.14. The number of carbonyl (C=O) groups excluding carboxylic acids is 1. The van der Waals surface area contributed by atoms with Crippen LogP contribution in [0.4, 0.5) is 0 Å². The lowest BCUT2D eigenvalue weighted by Crippen LogP contribution is -2.07. The minimum Gasteiger partial charge on any atom is -0.481 e. The van der Waals surface area contributed by atoms with E-state index in [-0.39, 0.29) is 6.42 Å². The minimum absolute atomic E-state index is 0.272. The van der Waals surface area contributed by atoms with Gasteiger partial charge in [-0.05, 0) is 37.8 Å². The van der Waals surface area contributed by atoms with Crippen molar-refractivity contribution >= 4 is 12.3 Å². The Hall–Kier alpha value is -1.58. The molecule has 1 heterocycles. The van der Waals surface area contributed by atoms with E-state index < -0.39 is 5.97 Å². The van der Waals surface area contributed by atoms with Gasteiger partial charge in [-0.25, -0.2) is 0 Å². The first-order valence-electron chi connectivity index (χ1n) is 8.04. The van der Waals surface area contributed by atoms with Gasteiger partial charge in [-0.15, -0.1) is 0 Å². The largest absolute Gasteiger partial charge is 0.481 e. The summed E-state index contributed by atoms with van der Waals surface area (Å²) in [5.41, 5.74) is 2.02. The topological polar surface area (TPSA) is 59.3 Å². The van der Waals surface area contributed by atoms with Crippen molar-refractivity contribution in [1.82, 2.24) is 4.57 Å². The van der Waals surface area contributed by atoms with E-state index in [1.807, 2.05) is 6.07 Å². The number of rotatable bonds is 12. The predicted octanol–water partition coefficient (Wildman–Crippen LogP) is 4.07. The second-order valence-electron chi connectivity index (χ2n) is 5.53. The van der Waals surface area contributed by atoms with Crippen molar-refractivity contribution in [3.05, 3.63) is 23.5 Å². The highest BCUT2D eigenvalue weighted by molar-refractivity contribution is 5.72. The Morgan fingerprint density at radius 3 is 2.52 bits per heavy atom. The Bertz CT molecular complexity index is 437. The maximum absolute atomic E-state index is 11.1. The summed E-state index contributed by atoms with van der Waals surface area (Å²) in [4.78, 5) is 21.5. The van der Waals surface area contributed by atoms with E-state index in [9.17, 15) is 9.59 Å². The average molecular weight is 293 g/mol. The van der Waals surface area contributed by atoms with Gasteiger partial charge >= 0.3 is 5.97 Å². The molecule has 1 N–H and O–H groups in total. The van der Waals surface area contributed by atoms with Crippen LogP contribution in [-0.2, 0) is 17.8 Å². The molecule has 1 aromatic heterocycles. The SMILES string of the molecule is CCCCc1ccc(C=O)n1CCCCCCCC(=O)O. The molecule has 4 nitrogen and oxygen atoms in total. The summed E-state index contributed by atoms with van der Waals surface area (Å²) in [7, 11) is 0. The van der Waals surface area contributed by atoms with E-state index >= 15 is 0 Å². The lowest BCUT2D eigenvalue weighted by Gasteiger charge is -2.11. The molecule has 0 aliphatic heterocycles. The molecule has 0 aliphatic rings. The first-order chi connectivity index (χ1) is 10.2. The quantitative estimate of drug-likeness (QED) is 0.467. The standard InChI is InChI=1S/C17H27NO3/c1-2-3-9-15-11-12-16(14-19)18(15)13-8-6-4-5-7-10-17(20)21/h11-12,14H,2-10,13H2,1H3,(H,20,21). The first-order valence-corrected chi connectivity index (χ1v) is 8.04. The van der Waals surface area contributed by atoms with Crippen molar-refractivity contribution in [2.24, 2.45) is 0 Å². The monoisotopic (exact) mass is 293 g/mol. The minimum atomic E-state index is -0.710. The molecule has 0 spiro atoms. The molecule has 0 atom stereocenters. The van der Waals surface area contributed by atoms with Crippen LogP contribution in [0.25, 0.3) is 0 Å². The van der Waals surface area contributed by atoms with Crippen LogP contribution in [-0.4, -0.2) is 21.9 Å². The van der Waals surface area contributed by atoms with E-state index in [0.717, 1.165) is 69.9 Å². The molecule has 0 saturated carbocycles. The van der Waals surface area contributed by atoms with Crippen LogP contribution in [0.3, 0.4) is 0 Å². The molecule has 1 rings (SSSR count). The molecule has 21 heavy (non-hydrogen) atoms. The maximum Gasteiger partial charge on any atom is 0.303 e. The number of carboxylic acid groups (broad SMARTS) is 1. The van der Waals surface area contributed by atoms with Gasteiger partial charge in [0.15, 0.2) is 6.29 Å². The Balaban J connectivity index is 2.31. The fraction of sp³-hybridized carbons (Fsp3) is 0.647. The summed E-state index contributed by atoms with van der Waals surface area (Å²) in [6.45, 7) is 3.06. The molecular formula is C17H27NO3. The molecule has 118 valence electrons. The van der Waals surface area contributed by atoms with Crippen molar-refractivity contribution < 1.29 is 14.7 Å². The molecule has 0 fully saturated rings. The number of aromatic nitrogens is 1. The van der Waals surface area contributed by atoms with Gasteiger partial charge in [0, 0.05) is 18.7 Å². The molecular weight excluding hydrogens is 266 g/mol. The van der Waals surface area contributed by atoms with Gasteiger partial charge < -0.3 is 9.67 Å². The van der Waals surface area contributed by atoms with Gasteiger partial charge in [0.05, 0.1) is 5.69 Å². The van der Waals surface area contributed by atoms with Crippen molar-refractivity contribution in [2.75, 3.05) is 0 Å². The molecule has 1 aromatic rings. The van der Waals surface area contributed by atoms with Crippen molar-refractivity contribution in [3.8, 4) is 0 Å². The highest BCUT2D eigenvalue weighted by Gasteiger charge is 2.07. The summed E-state index contributed by atoms with van der Waals surface area (Å²) in [5.74, 6) is -0.710. The summed E-state index contributed by atoms with van der Waals surface area (Å²) in [6.07, 6.45) is 9.48. The number of aliphatic carboxylic acids is 1. The third-order valence-electron chi connectivity index (χ3n) is 3.78. The van der Waals surface area contributed by atoms with Gasteiger partial charge in [0.1, 0.15) is 0 Å². The zero-order chi connectivity index (χ0) is 15.5. The third kappa shape index (κ3) is 6.61. The fourth-order valence-electron chi connectivity index (χ4n) is 2.56. The number of carbonyl (C=O) groups is 2. The average Bonchev–Trinajstić information content (AvgIpc) is 2.85. The van der Waals surface area contributed by atoms with Gasteiger partial charge in [0.2, 0.25) is 0 Å². The number of hydrogen-bond donors (Lipinski definition) is 1. The third-order valence-corrected chi connectivity index (χ3v) is 3.78. The highest BCUT2D eigenvalue weighted by Crippen LogP contribution is 2.14. The second kappa shape index (κ2) is 10.2. The zero-order valence-electron chi connectivity index (χ0n) is 13.0. The smallest absolute Gasteiger partial charge is 0.303 e. The van der Waals surface area contributed by atoms with Crippen LogP contribution in [0.5, 0.6) is 0 Å². The van der Waals surface area contributed by atoms with Gasteiger partial charge in [-0.1, -0.05) is 32.6 Å². The Morgan fingerprint density at radius 1 is 1.14 bits per heavy atom. The van der Waals surface area contributed by atoms with Crippen molar-refractivity contribution in [1.29, 1.82) is 0 Å². The lowest BCUT2D eigenvalue weighted by molar-refractivity contribution is -0.137. The molecule has 0 radical (unpaired) electrons. The number of nitrogens with zero attached hydrogens (tertiary/aromatic N) is 1. The maximum atomic E-state index is 11.1. The lowest BCUT2D eigenvalue weighted by atomic mass is 10.1. The second-order valence-corrected chi connectivity index (χ2v) is 5.53. The van der Waals surface area contributed by atoms with Crippen LogP contribution in [0.1, 0.15) is 74.5 Å². The van der Waals surface area contributed by atoms with Gasteiger partial charge in [0.25, 0.3) is 0 Å². The molecule has 0 unspecified atom stereocenters. The van der Waals surface area contributed by atoms with Crippen molar-refractivity contribution in [3.63, 3.8) is 0 Å². The van der Waals surface area contributed by atoms with Gasteiger partial charge in [-0.3, -0.25) is 9.59 Å². The van der Waals surface area contributed by atoms with E-state index in [1.165, 1.54) is 5.69 Å². The Labute approximate surface area is 127 Å². The van der Waals surface area contributed by atoms with E-state index in [4.69, 9.17) is 5.11 Å². The van der Waals surface area contributed by atoms with E-state index in [1.54, 1.807) is 0 Å². The summed E-state index contributed by atoms with van der Waals surface area (Å²) >= 11 is 0. The Morgan fingerprint density at radius 2 is 1.86 bits per heavy atom. The van der Waals surface area contributed by atoms with Crippen LogP contribution in [0.15, 0.2) is 12.1 Å². The molecule has 0 saturated heterocycles. The number of carboxylic acids is 1. The fourth-order valence-corrected chi connectivity index (χ4v) is 2.56. The number of aryl methyl sites for hydroxylation is 1. The molecule has 0 bridgehead atoms. The van der Waals surface area contributed by atoms with Crippen LogP contribution in [0, 0.1) is 0 Å². The van der Waals surface area contributed by atoms with Crippen molar-refractivity contribution in [2.45, 2.75) is 71.3 Å². The highest BCUT2D eigenvalue weighted by atomic mass is 16.4. The number of aldehydes is 1. The predicted molar refractivity (Wildman–Crippen MR) is 83.8 cm³/mol. The zero-order valence-corrected chi connectivity index (χ0v) is 13.0. The van der Waals surface area contributed by atoms with Gasteiger partial charge in [-0.2, -0.15) is 0 Å². The van der Waals surface area contributed by atoms with Crippen LogP contribution in [0.2, 0.25) is 0 Å². The number of hydrogen-bond acceptors (Lipinski definition) is 2. The summed E-state index contributed by atoms with van der Waals surface area (Å²) in [5, 5.41) is 8.56. The van der Waals surface area contributed by atoms with Crippen LogP contribution < -0.4 is 0 Å². The van der Waals surface area contributed by atoms with Crippen LogP contribution >= 0.6 is 0 Å². The Kier molecular flexibility index (Phi) is 8.48. The molecule has 4 heteroatoms. The number of unbranched alkanes of at least 4 members (excludes halogenated alkanes) is 5. The molecule has 0 amide bonds. The molecule has 0 aromatic carbocycles. The first kappa shape index (κ1) is 17.5. The summed E-state index contributed by atoms with van der Waals surface area (Å²) in [6, 6.07) is 3.97. The van der Waals surface area contributed by atoms with E-state index in [0.29, 0.717) is 0 Å². The molecule has 0 aliphatic carbocycles.